The molecule has 0 unspecified atom stereocenters. The van der Waals surface area contributed by atoms with Gasteiger partial charge in [0, 0.05) is 47.9 Å². The van der Waals surface area contributed by atoms with Crippen molar-refractivity contribution in [3.8, 4) is 0 Å². The third-order valence-corrected chi connectivity index (χ3v) is 4.71. The molecular formula is C18H16BrF4N3O. The van der Waals surface area contributed by atoms with Crippen LogP contribution in [0.25, 0.3) is 0 Å². The smallest absolute Gasteiger partial charge is 0.261 e. The molecule has 144 valence electrons. The third-order valence-electron chi connectivity index (χ3n) is 4.25. The number of alkyl halides is 2. The van der Waals surface area contributed by atoms with Crippen molar-refractivity contribution >= 4 is 33.3 Å². The maximum Gasteiger partial charge on any atom is 0.261 e. The molecule has 1 saturated heterocycles. The molecule has 2 aromatic rings. The van der Waals surface area contributed by atoms with Crippen molar-refractivity contribution in [1.82, 2.24) is 4.98 Å². The lowest BCUT2D eigenvalue weighted by Crippen LogP contribution is -2.39. The second kappa shape index (κ2) is 7.46. The van der Waals surface area contributed by atoms with Crippen molar-refractivity contribution in [2.24, 2.45) is 0 Å². The number of nitrogens with zero attached hydrogens (tertiary/aromatic N) is 2. The Balaban J connectivity index is 1.82. The molecule has 1 aliphatic rings. The summed E-state index contributed by atoms with van der Waals surface area (Å²) in [5.74, 6) is -5.20. The van der Waals surface area contributed by atoms with Gasteiger partial charge in [0.1, 0.15) is 23.0 Å². The lowest BCUT2D eigenvalue weighted by Gasteiger charge is -2.32. The minimum absolute atomic E-state index is 0.132. The number of carbonyl (C=O) groups excluding carboxylic acids is 1. The van der Waals surface area contributed by atoms with E-state index in [4.69, 9.17) is 0 Å². The van der Waals surface area contributed by atoms with E-state index in [1.165, 1.54) is 12.1 Å². The summed E-state index contributed by atoms with van der Waals surface area (Å²) in [5, 5.41) is 2.45. The highest BCUT2D eigenvalue weighted by Gasteiger charge is 2.34. The van der Waals surface area contributed by atoms with Crippen LogP contribution in [-0.4, -0.2) is 29.9 Å². The Hall–Kier alpha value is -2.16. The average Bonchev–Trinajstić information content (AvgIpc) is 2.53. The van der Waals surface area contributed by atoms with E-state index < -0.39 is 29.0 Å². The second-order valence-corrected chi connectivity index (χ2v) is 7.31. The van der Waals surface area contributed by atoms with Crippen molar-refractivity contribution in [2.75, 3.05) is 23.3 Å². The first-order valence-corrected chi connectivity index (χ1v) is 9.01. The second-order valence-electron chi connectivity index (χ2n) is 6.40. The summed E-state index contributed by atoms with van der Waals surface area (Å²) in [6, 6.07) is 5.03. The van der Waals surface area contributed by atoms with E-state index >= 15 is 0 Å². The number of aryl methyl sites for hydroxylation is 1. The quantitative estimate of drug-likeness (QED) is 0.682. The van der Waals surface area contributed by atoms with E-state index in [1.807, 2.05) is 0 Å². The fourth-order valence-electron chi connectivity index (χ4n) is 2.90. The van der Waals surface area contributed by atoms with Gasteiger partial charge in [-0.05, 0) is 25.1 Å². The molecule has 2 heterocycles. The van der Waals surface area contributed by atoms with Gasteiger partial charge in [-0.25, -0.2) is 22.5 Å². The van der Waals surface area contributed by atoms with Crippen molar-refractivity contribution in [3.05, 3.63) is 51.6 Å². The SMILES string of the molecule is Cc1cc(NC(=O)c2c(F)cc(Br)cc2F)cc(N2CCC(F)(F)CC2)n1. The van der Waals surface area contributed by atoms with Gasteiger partial charge in [-0.3, -0.25) is 4.79 Å². The number of hydrogen-bond acceptors (Lipinski definition) is 3. The number of carbonyl (C=O) groups is 1. The van der Waals surface area contributed by atoms with Crippen LogP contribution in [-0.2, 0) is 0 Å². The van der Waals surface area contributed by atoms with E-state index in [1.54, 1.807) is 11.8 Å². The highest BCUT2D eigenvalue weighted by atomic mass is 79.9. The number of amides is 1. The Kier molecular flexibility index (Phi) is 5.41. The van der Waals surface area contributed by atoms with E-state index in [9.17, 15) is 22.4 Å². The predicted molar refractivity (Wildman–Crippen MR) is 97.4 cm³/mol. The van der Waals surface area contributed by atoms with Gasteiger partial charge in [0.05, 0.1) is 0 Å². The lowest BCUT2D eigenvalue weighted by atomic mass is 10.1. The fraction of sp³-hybridized carbons (Fsp3) is 0.333. The molecule has 0 aliphatic carbocycles. The number of hydrogen-bond donors (Lipinski definition) is 1. The van der Waals surface area contributed by atoms with Crippen LogP contribution in [0.15, 0.2) is 28.7 Å². The molecule has 0 saturated carbocycles. The predicted octanol–water partition coefficient (Wildman–Crippen LogP) is 4.92. The number of halogens is 5. The van der Waals surface area contributed by atoms with E-state index in [0.717, 1.165) is 12.1 Å². The number of piperidine rings is 1. The van der Waals surface area contributed by atoms with Crippen LogP contribution < -0.4 is 10.2 Å². The molecule has 1 aromatic heterocycles. The number of rotatable bonds is 3. The molecule has 27 heavy (non-hydrogen) atoms. The minimum Gasteiger partial charge on any atom is -0.356 e. The van der Waals surface area contributed by atoms with Gasteiger partial charge in [-0.15, -0.1) is 0 Å². The number of nitrogens with one attached hydrogen (secondary N) is 1. The fourth-order valence-corrected chi connectivity index (χ4v) is 3.30. The first-order chi connectivity index (χ1) is 12.6. The van der Waals surface area contributed by atoms with Crippen LogP contribution in [0.5, 0.6) is 0 Å². The largest absolute Gasteiger partial charge is 0.356 e. The van der Waals surface area contributed by atoms with Gasteiger partial charge in [0.25, 0.3) is 11.8 Å². The van der Waals surface area contributed by atoms with Crippen LogP contribution in [0.3, 0.4) is 0 Å². The molecule has 1 N–H and O–H groups in total. The molecule has 1 aromatic carbocycles. The Morgan fingerprint density at radius 2 is 1.74 bits per heavy atom. The molecule has 1 amide bonds. The molecule has 0 spiro atoms. The average molecular weight is 446 g/mol. The third kappa shape index (κ3) is 4.58. The van der Waals surface area contributed by atoms with E-state index in [-0.39, 0.29) is 36.1 Å². The molecule has 9 heteroatoms. The van der Waals surface area contributed by atoms with Crippen LogP contribution in [0, 0.1) is 18.6 Å². The summed E-state index contributed by atoms with van der Waals surface area (Å²) >= 11 is 2.96. The zero-order valence-electron chi connectivity index (χ0n) is 14.3. The highest BCUT2D eigenvalue weighted by molar-refractivity contribution is 9.10. The van der Waals surface area contributed by atoms with Gasteiger partial charge in [0.2, 0.25) is 0 Å². The minimum atomic E-state index is -2.69. The Labute approximate surface area is 161 Å². The molecule has 0 atom stereocenters. The molecule has 0 bridgehead atoms. The van der Waals surface area contributed by atoms with Crippen LogP contribution in [0.2, 0.25) is 0 Å². The standard InChI is InChI=1S/C18H16BrF4N3O/c1-10-6-12(9-15(24-10)26-4-2-18(22,23)3-5-26)25-17(27)16-13(20)7-11(19)8-14(16)21/h6-9H,2-5H2,1H3,(H,24,25,27). The summed E-state index contributed by atoms with van der Waals surface area (Å²) in [5.41, 5.74) is 0.116. The highest BCUT2D eigenvalue weighted by Crippen LogP contribution is 2.31. The zero-order chi connectivity index (χ0) is 19.8. The van der Waals surface area contributed by atoms with Gasteiger partial charge in [-0.2, -0.15) is 0 Å². The van der Waals surface area contributed by atoms with Crippen LogP contribution in [0.1, 0.15) is 28.9 Å². The molecular weight excluding hydrogens is 430 g/mol. The maximum atomic E-state index is 14.0. The van der Waals surface area contributed by atoms with Gasteiger partial charge >= 0.3 is 0 Å². The Morgan fingerprint density at radius 1 is 1.15 bits per heavy atom. The first-order valence-electron chi connectivity index (χ1n) is 8.22. The lowest BCUT2D eigenvalue weighted by molar-refractivity contribution is -0.0221. The maximum absolute atomic E-state index is 14.0. The summed E-state index contributed by atoms with van der Waals surface area (Å²) in [6.45, 7) is 1.94. The molecule has 4 nitrogen and oxygen atoms in total. The summed E-state index contributed by atoms with van der Waals surface area (Å²) < 4.78 is 54.8. The number of benzene rings is 1. The Morgan fingerprint density at radius 3 is 2.33 bits per heavy atom. The van der Waals surface area contributed by atoms with Crippen molar-refractivity contribution in [2.45, 2.75) is 25.7 Å². The van der Waals surface area contributed by atoms with Gasteiger partial charge < -0.3 is 10.2 Å². The summed E-state index contributed by atoms with van der Waals surface area (Å²) in [4.78, 5) is 18.3. The van der Waals surface area contributed by atoms with Gasteiger partial charge in [-0.1, -0.05) is 15.9 Å². The van der Waals surface area contributed by atoms with E-state index in [0.29, 0.717) is 11.5 Å². The normalized spacial score (nSPS) is 16.3. The monoisotopic (exact) mass is 445 g/mol. The first kappa shape index (κ1) is 19.6. The van der Waals surface area contributed by atoms with Crippen molar-refractivity contribution < 1.29 is 22.4 Å². The number of aromatic nitrogens is 1. The van der Waals surface area contributed by atoms with Crippen LogP contribution >= 0.6 is 15.9 Å². The molecule has 0 radical (unpaired) electrons. The van der Waals surface area contributed by atoms with Crippen LogP contribution in [0.4, 0.5) is 29.1 Å². The summed E-state index contributed by atoms with van der Waals surface area (Å²) in [7, 11) is 0. The Bertz CT molecular complexity index is 858. The van der Waals surface area contributed by atoms with Crippen molar-refractivity contribution in [3.63, 3.8) is 0 Å². The zero-order valence-corrected chi connectivity index (χ0v) is 15.9. The van der Waals surface area contributed by atoms with Crippen molar-refractivity contribution in [1.29, 1.82) is 0 Å². The summed E-state index contributed by atoms with van der Waals surface area (Å²) in [6.07, 6.45) is -0.556. The molecule has 1 aliphatic heterocycles. The molecule has 3 rings (SSSR count). The number of pyridine rings is 1. The van der Waals surface area contributed by atoms with Gasteiger partial charge in [0.15, 0.2) is 0 Å². The molecule has 1 fully saturated rings. The van der Waals surface area contributed by atoms with E-state index in [2.05, 4.69) is 26.2 Å². The topological polar surface area (TPSA) is 45.2 Å². The number of anilines is 2.